The van der Waals surface area contributed by atoms with Gasteiger partial charge in [0.2, 0.25) is 0 Å². The van der Waals surface area contributed by atoms with Gasteiger partial charge in [-0.15, -0.1) is 0 Å². The van der Waals surface area contributed by atoms with Gasteiger partial charge in [0.25, 0.3) is 10.0 Å². The molecule has 0 saturated carbocycles. The number of phenolic OH excluding ortho intramolecular Hbond substituents is 1. The van der Waals surface area contributed by atoms with E-state index in [1.165, 1.54) is 0 Å². The maximum Gasteiger partial charge on any atom is 0.263 e. The molecule has 1 aliphatic rings. The molecule has 33 heavy (non-hydrogen) atoms. The first-order valence-corrected chi connectivity index (χ1v) is 12.1. The summed E-state index contributed by atoms with van der Waals surface area (Å²) in [7, 11) is -3.81. The van der Waals surface area contributed by atoms with Crippen molar-refractivity contribution in [1.29, 1.82) is 0 Å². The third-order valence-electron chi connectivity index (χ3n) is 5.63. The predicted molar refractivity (Wildman–Crippen MR) is 129 cm³/mol. The van der Waals surface area contributed by atoms with Gasteiger partial charge < -0.3 is 14.9 Å². The van der Waals surface area contributed by atoms with Gasteiger partial charge in [0, 0.05) is 31.9 Å². The number of phenols is 1. The molecule has 9 heteroatoms. The van der Waals surface area contributed by atoms with Crippen molar-refractivity contribution in [2.75, 3.05) is 40.7 Å². The molecule has 4 aromatic rings. The first-order chi connectivity index (χ1) is 16.0. The molecular weight excluding hydrogens is 438 g/mol. The molecule has 5 rings (SSSR count). The summed E-state index contributed by atoms with van der Waals surface area (Å²) in [6, 6.07) is 22.8. The molecule has 0 spiro atoms. The van der Waals surface area contributed by atoms with Gasteiger partial charge in [0.05, 0.1) is 15.9 Å². The standard InChI is InChI=1S/C24H23N5O3S/c30-19-12-10-18(11-13-19)28-14-16-29(17-15-28)24-23(25-21-8-4-5-9-22(21)26-24)27-33(31,32)20-6-2-1-3-7-20/h1-13,30H,14-17H2,(H,25,27). The number of hydrogen-bond acceptors (Lipinski definition) is 7. The molecule has 168 valence electrons. The van der Waals surface area contributed by atoms with E-state index in [0.29, 0.717) is 29.9 Å². The molecule has 0 unspecified atom stereocenters. The van der Waals surface area contributed by atoms with Crippen molar-refractivity contribution in [3.8, 4) is 5.75 Å². The van der Waals surface area contributed by atoms with Gasteiger partial charge in [-0.2, -0.15) is 0 Å². The zero-order valence-corrected chi connectivity index (χ0v) is 18.6. The van der Waals surface area contributed by atoms with Crippen LogP contribution in [0.4, 0.5) is 17.3 Å². The van der Waals surface area contributed by atoms with E-state index in [9.17, 15) is 13.5 Å². The fraction of sp³-hybridized carbons (Fsp3) is 0.167. The number of anilines is 3. The Labute approximate surface area is 192 Å². The lowest BCUT2D eigenvalue weighted by atomic mass is 10.2. The highest BCUT2D eigenvalue weighted by atomic mass is 32.2. The third kappa shape index (κ3) is 4.40. The normalized spacial score (nSPS) is 14.4. The smallest absolute Gasteiger partial charge is 0.263 e. The average Bonchev–Trinajstić information content (AvgIpc) is 2.85. The maximum absolute atomic E-state index is 13.0. The number of para-hydroxylation sites is 2. The summed E-state index contributed by atoms with van der Waals surface area (Å²) < 4.78 is 28.7. The molecule has 1 fully saturated rings. The van der Waals surface area contributed by atoms with Gasteiger partial charge in [-0.05, 0) is 48.5 Å². The minimum absolute atomic E-state index is 0.169. The van der Waals surface area contributed by atoms with Crippen molar-refractivity contribution in [3.63, 3.8) is 0 Å². The Balaban J connectivity index is 1.45. The number of nitrogens with zero attached hydrogens (tertiary/aromatic N) is 4. The number of rotatable bonds is 5. The van der Waals surface area contributed by atoms with E-state index in [-0.39, 0.29) is 16.5 Å². The highest BCUT2D eigenvalue weighted by Gasteiger charge is 2.25. The van der Waals surface area contributed by atoms with Crippen LogP contribution in [0.3, 0.4) is 0 Å². The lowest BCUT2D eigenvalue weighted by Gasteiger charge is -2.37. The van der Waals surface area contributed by atoms with Crippen LogP contribution in [0.2, 0.25) is 0 Å². The van der Waals surface area contributed by atoms with Crippen LogP contribution in [0.15, 0.2) is 83.8 Å². The molecule has 0 bridgehead atoms. The van der Waals surface area contributed by atoms with Crippen molar-refractivity contribution >= 4 is 38.4 Å². The van der Waals surface area contributed by atoms with Crippen molar-refractivity contribution in [3.05, 3.63) is 78.9 Å². The molecular formula is C24H23N5O3S. The number of hydrogen-bond donors (Lipinski definition) is 2. The minimum atomic E-state index is -3.81. The van der Waals surface area contributed by atoms with Gasteiger partial charge >= 0.3 is 0 Å². The van der Waals surface area contributed by atoms with Crippen molar-refractivity contribution < 1.29 is 13.5 Å². The van der Waals surface area contributed by atoms with E-state index in [0.717, 1.165) is 18.8 Å². The highest BCUT2D eigenvalue weighted by Crippen LogP contribution is 2.29. The van der Waals surface area contributed by atoms with E-state index < -0.39 is 10.0 Å². The van der Waals surface area contributed by atoms with Crippen molar-refractivity contribution in [2.24, 2.45) is 0 Å². The third-order valence-corrected chi connectivity index (χ3v) is 6.99. The summed E-state index contributed by atoms with van der Waals surface area (Å²) in [5.41, 5.74) is 2.35. The van der Waals surface area contributed by atoms with Gasteiger partial charge in [0.15, 0.2) is 11.6 Å². The monoisotopic (exact) mass is 461 g/mol. The summed E-state index contributed by atoms with van der Waals surface area (Å²) >= 11 is 0. The second-order valence-corrected chi connectivity index (χ2v) is 9.48. The van der Waals surface area contributed by atoms with E-state index in [2.05, 4.69) is 19.5 Å². The van der Waals surface area contributed by atoms with Crippen LogP contribution in [-0.4, -0.2) is 49.7 Å². The quantitative estimate of drug-likeness (QED) is 0.470. The Morgan fingerprint density at radius 3 is 1.97 bits per heavy atom. The van der Waals surface area contributed by atoms with Gasteiger partial charge in [-0.25, -0.2) is 18.4 Å². The van der Waals surface area contributed by atoms with Gasteiger partial charge in [0.1, 0.15) is 5.75 Å². The first kappa shape index (κ1) is 21.0. The molecule has 1 aromatic heterocycles. The second-order valence-electron chi connectivity index (χ2n) is 7.79. The maximum atomic E-state index is 13.0. The average molecular weight is 462 g/mol. The predicted octanol–water partition coefficient (Wildman–Crippen LogP) is 3.46. The number of benzene rings is 3. The fourth-order valence-corrected chi connectivity index (χ4v) is 4.93. The molecule has 0 aliphatic carbocycles. The summed E-state index contributed by atoms with van der Waals surface area (Å²) in [6.07, 6.45) is 0. The summed E-state index contributed by atoms with van der Waals surface area (Å²) in [6.45, 7) is 2.75. The summed E-state index contributed by atoms with van der Waals surface area (Å²) in [5, 5.41) is 9.54. The van der Waals surface area contributed by atoms with E-state index in [1.54, 1.807) is 42.5 Å². The number of nitrogens with one attached hydrogen (secondary N) is 1. The van der Waals surface area contributed by atoms with Crippen LogP contribution in [-0.2, 0) is 10.0 Å². The summed E-state index contributed by atoms with van der Waals surface area (Å²) in [5.74, 6) is 0.966. The van der Waals surface area contributed by atoms with Gasteiger partial charge in [-0.1, -0.05) is 30.3 Å². The number of fused-ring (bicyclic) bond motifs is 1. The second kappa shape index (κ2) is 8.59. The minimum Gasteiger partial charge on any atom is -0.508 e. The van der Waals surface area contributed by atoms with E-state index in [4.69, 9.17) is 4.98 Å². The highest BCUT2D eigenvalue weighted by molar-refractivity contribution is 7.92. The Morgan fingerprint density at radius 2 is 1.30 bits per heavy atom. The molecule has 0 radical (unpaired) electrons. The molecule has 2 N–H and O–H groups in total. The Kier molecular flexibility index (Phi) is 5.47. The molecule has 1 aliphatic heterocycles. The van der Waals surface area contributed by atoms with E-state index in [1.807, 2.05) is 36.4 Å². The lowest BCUT2D eigenvalue weighted by molar-refractivity contribution is 0.475. The SMILES string of the molecule is O=S(=O)(Nc1nc2ccccc2nc1N1CCN(c2ccc(O)cc2)CC1)c1ccccc1. The number of piperazine rings is 1. The molecule has 0 atom stereocenters. The number of aromatic hydroxyl groups is 1. The Hall–Kier alpha value is -3.85. The fourth-order valence-electron chi connectivity index (χ4n) is 3.91. The molecule has 0 amide bonds. The van der Waals surface area contributed by atoms with Crippen LogP contribution in [0.1, 0.15) is 0 Å². The zero-order chi connectivity index (χ0) is 22.8. The van der Waals surface area contributed by atoms with Crippen molar-refractivity contribution in [1.82, 2.24) is 9.97 Å². The van der Waals surface area contributed by atoms with Gasteiger partial charge in [-0.3, -0.25) is 4.72 Å². The zero-order valence-electron chi connectivity index (χ0n) is 17.8. The van der Waals surface area contributed by atoms with Crippen LogP contribution in [0.25, 0.3) is 11.0 Å². The number of sulfonamides is 1. The molecule has 1 saturated heterocycles. The van der Waals surface area contributed by atoms with E-state index >= 15 is 0 Å². The van der Waals surface area contributed by atoms with Crippen LogP contribution >= 0.6 is 0 Å². The molecule has 3 aromatic carbocycles. The van der Waals surface area contributed by atoms with Crippen LogP contribution in [0, 0.1) is 0 Å². The largest absolute Gasteiger partial charge is 0.508 e. The van der Waals surface area contributed by atoms with Crippen LogP contribution < -0.4 is 14.5 Å². The van der Waals surface area contributed by atoms with Crippen LogP contribution in [0.5, 0.6) is 5.75 Å². The lowest BCUT2D eigenvalue weighted by Crippen LogP contribution is -2.47. The Bertz CT molecular complexity index is 1370. The topological polar surface area (TPSA) is 98.7 Å². The molecule has 8 nitrogen and oxygen atoms in total. The number of aromatic nitrogens is 2. The Morgan fingerprint density at radius 1 is 0.727 bits per heavy atom. The molecule has 2 heterocycles. The van der Waals surface area contributed by atoms with Crippen molar-refractivity contribution in [2.45, 2.75) is 4.90 Å². The summed E-state index contributed by atoms with van der Waals surface area (Å²) in [4.78, 5) is 13.8. The first-order valence-electron chi connectivity index (χ1n) is 10.6.